The van der Waals surface area contributed by atoms with E-state index in [0.717, 1.165) is 12.0 Å². The summed E-state index contributed by atoms with van der Waals surface area (Å²) < 4.78 is 29.1. The van der Waals surface area contributed by atoms with E-state index in [0.29, 0.717) is 13.0 Å². The summed E-state index contributed by atoms with van der Waals surface area (Å²) in [7, 11) is 0. The molecular formula is C13H19F2NO2. The molecule has 0 amide bonds. The van der Waals surface area contributed by atoms with Crippen LogP contribution in [0, 0.1) is 0 Å². The SMILES string of the molecule is CCC(NCCCO)c1ccccc1OC(F)F. The molecule has 1 aromatic carbocycles. The molecule has 102 valence electrons. The van der Waals surface area contributed by atoms with Crippen molar-refractivity contribution in [1.82, 2.24) is 5.32 Å². The Kier molecular flexibility index (Phi) is 6.60. The molecule has 0 bridgehead atoms. The fourth-order valence-corrected chi connectivity index (χ4v) is 1.80. The van der Waals surface area contributed by atoms with Gasteiger partial charge >= 0.3 is 6.61 Å². The number of benzene rings is 1. The Morgan fingerprint density at radius 2 is 2.06 bits per heavy atom. The first kappa shape index (κ1) is 14.9. The Labute approximate surface area is 106 Å². The largest absolute Gasteiger partial charge is 0.434 e. The summed E-state index contributed by atoms with van der Waals surface area (Å²) >= 11 is 0. The second kappa shape index (κ2) is 8.00. The molecule has 0 aromatic heterocycles. The van der Waals surface area contributed by atoms with Crippen LogP contribution in [0.4, 0.5) is 8.78 Å². The van der Waals surface area contributed by atoms with Gasteiger partial charge in [-0.25, -0.2) is 0 Å². The van der Waals surface area contributed by atoms with Crippen molar-refractivity contribution in [2.75, 3.05) is 13.2 Å². The van der Waals surface area contributed by atoms with Crippen LogP contribution in [0.1, 0.15) is 31.4 Å². The van der Waals surface area contributed by atoms with Crippen molar-refractivity contribution in [3.05, 3.63) is 29.8 Å². The molecule has 0 aliphatic carbocycles. The number of nitrogens with one attached hydrogen (secondary N) is 1. The van der Waals surface area contributed by atoms with Crippen LogP contribution in [-0.2, 0) is 0 Å². The van der Waals surface area contributed by atoms with Crippen LogP contribution in [0.15, 0.2) is 24.3 Å². The lowest BCUT2D eigenvalue weighted by molar-refractivity contribution is -0.0507. The van der Waals surface area contributed by atoms with Crippen LogP contribution in [0.25, 0.3) is 0 Å². The van der Waals surface area contributed by atoms with Crippen molar-refractivity contribution in [2.24, 2.45) is 0 Å². The maximum Gasteiger partial charge on any atom is 0.387 e. The number of rotatable bonds is 8. The van der Waals surface area contributed by atoms with Crippen molar-refractivity contribution < 1.29 is 18.6 Å². The monoisotopic (exact) mass is 259 g/mol. The lowest BCUT2D eigenvalue weighted by atomic mass is 10.0. The van der Waals surface area contributed by atoms with Gasteiger partial charge in [0.25, 0.3) is 0 Å². The molecule has 0 saturated heterocycles. The van der Waals surface area contributed by atoms with Crippen LogP contribution < -0.4 is 10.1 Å². The standard InChI is InChI=1S/C13H19F2NO2/c1-2-11(16-8-5-9-17)10-6-3-4-7-12(10)18-13(14)15/h3-4,6-7,11,13,16-17H,2,5,8-9H2,1H3. The fourth-order valence-electron chi connectivity index (χ4n) is 1.80. The first-order valence-corrected chi connectivity index (χ1v) is 6.07. The molecular weight excluding hydrogens is 240 g/mol. The Bertz CT molecular complexity index is 348. The van der Waals surface area contributed by atoms with Gasteiger partial charge in [-0.3, -0.25) is 0 Å². The predicted molar refractivity (Wildman–Crippen MR) is 65.8 cm³/mol. The van der Waals surface area contributed by atoms with Gasteiger partial charge < -0.3 is 15.2 Å². The number of alkyl halides is 2. The lowest BCUT2D eigenvalue weighted by Crippen LogP contribution is -2.23. The van der Waals surface area contributed by atoms with E-state index in [2.05, 4.69) is 10.1 Å². The number of aliphatic hydroxyl groups is 1. The first-order valence-electron chi connectivity index (χ1n) is 6.07. The maximum absolute atomic E-state index is 12.3. The summed E-state index contributed by atoms with van der Waals surface area (Å²) in [5, 5.41) is 11.9. The van der Waals surface area contributed by atoms with E-state index < -0.39 is 6.61 Å². The zero-order chi connectivity index (χ0) is 13.4. The quantitative estimate of drug-likeness (QED) is 0.705. The molecule has 0 aliphatic rings. The van der Waals surface area contributed by atoms with Crippen LogP contribution in [0.3, 0.4) is 0 Å². The molecule has 0 saturated carbocycles. The molecule has 0 radical (unpaired) electrons. The highest BCUT2D eigenvalue weighted by Gasteiger charge is 2.15. The topological polar surface area (TPSA) is 41.5 Å². The number of hydrogen-bond donors (Lipinski definition) is 2. The van der Waals surface area contributed by atoms with Gasteiger partial charge in [-0.2, -0.15) is 8.78 Å². The minimum absolute atomic E-state index is 0.0495. The summed E-state index contributed by atoms with van der Waals surface area (Å²) in [4.78, 5) is 0. The van der Waals surface area contributed by atoms with Crippen molar-refractivity contribution >= 4 is 0 Å². The number of ether oxygens (including phenoxy) is 1. The average molecular weight is 259 g/mol. The fraction of sp³-hybridized carbons (Fsp3) is 0.538. The van der Waals surface area contributed by atoms with Crippen LogP contribution in [-0.4, -0.2) is 24.9 Å². The molecule has 18 heavy (non-hydrogen) atoms. The van der Waals surface area contributed by atoms with E-state index in [1.807, 2.05) is 6.92 Å². The molecule has 3 nitrogen and oxygen atoms in total. The first-order chi connectivity index (χ1) is 8.69. The van der Waals surface area contributed by atoms with Crippen LogP contribution in [0.2, 0.25) is 0 Å². The second-order valence-corrected chi connectivity index (χ2v) is 3.91. The molecule has 0 fully saturated rings. The minimum Gasteiger partial charge on any atom is -0.434 e. The zero-order valence-electron chi connectivity index (χ0n) is 10.4. The average Bonchev–Trinajstić information content (AvgIpc) is 2.35. The summed E-state index contributed by atoms with van der Waals surface area (Å²) in [5.74, 6) is 0.204. The molecule has 2 N–H and O–H groups in total. The van der Waals surface area contributed by atoms with Gasteiger partial charge in [-0.1, -0.05) is 25.1 Å². The summed E-state index contributed by atoms with van der Waals surface area (Å²) in [6.07, 6.45) is 1.39. The summed E-state index contributed by atoms with van der Waals surface area (Å²) in [6, 6.07) is 6.73. The molecule has 0 spiro atoms. The van der Waals surface area contributed by atoms with Crippen molar-refractivity contribution in [1.29, 1.82) is 0 Å². The van der Waals surface area contributed by atoms with Gasteiger partial charge in [0.2, 0.25) is 0 Å². The van der Waals surface area contributed by atoms with Gasteiger partial charge in [0.15, 0.2) is 0 Å². The highest BCUT2D eigenvalue weighted by Crippen LogP contribution is 2.28. The molecule has 1 aromatic rings. The van der Waals surface area contributed by atoms with E-state index in [1.165, 1.54) is 6.07 Å². The van der Waals surface area contributed by atoms with Gasteiger partial charge in [0.05, 0.1) is 0 Å². The number of halogens is 2. The second-order valence-electron chi connectivity index (χ2n) is 3.91. The number of aliphatic hydroxyl groups excluding tert-OH is 1. The Morgan fingerprint density at radius 3 is 2.67 bits per heavy atom. The molecule has 0 aliphatic heterocycles. The number of hydrogen-bond acceptors (Lipinski definition) is 3. The Balaban J connectivity index is 2.77. The van der Waals surface area contributed by atoms with Crippen molar-refractivity contribution in [2.45, 2.75) is 32.4 Å². The smallest absolute Gasteiger partial charge is 0.387 e. The normalized spacial score (nSPS) is 12.7. The third kappa shape index (κ3) is 4.58. The van der Waals surface area contributed by atoms with E-state index in [9.17, 15) is 8.78 Å². The van der Waals surface area contributed by atoms with Gasteiger partial charge in [0.1, 0.15) is 5.75 Å². The molecule has 1 unspecified atom stereocenters. The minimum atomic E-state index is -2.82. The maximum atomic E-state index is 12.3. The zero-order valence-corrected chi connectivity index (χ0v) is 10.4. The number of para-hydroxylation sites is 1. The Morgan fingerprint density at radius 1 is 1.33 bits per heavy atom. The lowest BCUT2D eigenvalue weighted by Gasteiger charge is -2.20. The van der Waals surface area contributed by atoms with E-state index >= 15 is 0 Å². The van der Waals surface area contributed by atoms with Gasteiger partial charge in [0, 0.05) is 18.2 Å². The van der Waals surface area contributed by atoms with E-state index in [1.54, 1.807) is 18.2 Å². The van der Waals surface area contributed by atoms with E-state index in [4.69, 9.17) is 5.11 Å². The van der Waals surface area contributed by atoms with Gasteiger partial charge in [-0.15, -0.1) is 0 Å². The van der Waals surface area contributed by atoms with Crippen LogP contribution in [0.5, 0.6) is 5.75 Å². The molecule has 0 heterocycles. The molecule has 5 heteroatoms. The highest BCUT2D eigenvalue weighted by atomic mass is 19.3. The summed E-state index contributed by atoms with van der Waals surface area (Å²) in [5.41, 5.74) is 0.721. The predicted octanol–water partition coefficient (Wildman–Crippen LogP) is 2.71. The third-order valence-corrected chi connectivity index (χ3v) is 2.64. The van der Waals surface area contributed by atoms with Crippen molar-refractivity contribution in [3.63, 3.8) is 0 Å². The van der Waals surface area contributed by atoms with Gasteiger partial charge in [-0.05, 0) is 25.5 Å². The summed E-state index contributed by atoms with van der Waals surface area (Å²) in [6.45, 7) is -0.104. The van der Waals surface area contributed by atoms with Crippen LogP contribution >= 0.6 is 0 Å². The third-order valence-electron chi connectivity index (χ3n) is 2.64. The van der Waals surface area contributed by atoms with Crippen molar-refractivity contribution in [3.8, 4) is 5.75 Å². The highest BCUT2D eigenvalue weighted by molar-refractivity contribution is 5.35. The molecule has 1 atom stereocenters. The van der Waals surface area contributed by atoms with E-state index in [-0.39, 0.29) is 18.4 Å². The Hall–Kier alpha value is -1.20. The molecule has 1 rings (SSSR count).